The number of halogens is 1. The highest BCUT2D eigenvalue weighted by Gasteiger charge is 2.20. The van der Waals surface area contributed by atoms with Gasteiger partial charge in [-0.2, -0.15) is 10.1 Å². The number of hydrogen-bond donors (Lipinski definition) is 0. The molecule has 0 spiro atoms. The van der Waals surface area contributed by atoms with Gasteiger partial charge in [0.25, 0.3) is 5.89 Å². The summed E-state index contributed by atoms with van der Waals surface area (Å²) in [6.45, 7) is -0.321. The summed E-state index contributed by atoms with van der Waals surface area (Å²) in [5.74, 6) is 1.81. The van der Waals surface area contributed by atoms with Crippen LogP contribution in [0.25, 0.3) is 34.3 Å². The molecule has 0 amide bonds. The van der Waals surface area contributed by atoms with Crippen molar-refractivity contribution in [3.05, 3.63) is 43.1 Å². The van der Waals surface area contributed by atoms with Gasteiger partial charge in [-0.25, -0.2) is 9.37 Å². The third-order valence-corrected chi connectivity index (χ3v) is 3.75. The standard InChI is InChI=1S/C17H14FN5O3/c1-24-13-4-2-11(3-5-13)15-14(19-10-25-15)17-21-16(22-26-17)12-8-20-23(9-12)7-6-18/h2-5,8-10H,6-7H2,1H3. The molecule has 3 heterocycles. The van der Waals surface area contributed by atoms with Gasteiger partial charge in [0.1, 0.15) is 12.4 Å². The predicted molar refractivity (Wildman–Crippen MR) is 89.0 cm³/mol. The first-order chi connectivity index (χ1) is 12.8. The second kappa shape index (κ2) is 6.79. The van der Waals surface area contributed by atoms with Gasteiger partial charge in [-0.1, -0.05) is 5.16 Å². The van der Waals surface area contributed by atoms with Crippen molar-refractivity contribution in [1.82, 2.24) is 24.9 Å². The zero-order chi connectivity index (χ0) is 17.9. The van der Waals surface area contributed by atoms with Gasteiger partial charge in [0.15, 0.2) is 17.8 Å². The van der Waals surface area contributed by atoms with E-state index in [0.717, 1.165) is 11.3 Å². The quantitative estimate of drug-likeness (QED) is 0.524. The van der Waals surface area contributed by atoms with Crippen LogP contribution < -0.4 is 4.74 Å². The van der Waals surface area contributed by atoms with E-state index in [-0.39, 0.29) is 12.4 Å². The molecule has 132 valence electrons. The molecule has 0 aliphatic heterocycles. The van der Waals surface area contributed by atoms with Gasteiger partial charge in [-0.05, 0) is 24.3 Å². The molecule has 4 aromatic rings. The van der Waals surface area contributed by atoms with Crippen LogP contribution in [-0.4, -0.2) is 38.7 Å². The van der Waals surface area contributed by atoms with Gasteiger partial charge in [-0.3, -0.25) is 4.68 Å². The highest BCUT2D eigenvalue weighted by atomic mass is 19.1. The lowest BCUT2D eigenvalue weighted by Gasteiger charge is -2.01. The largest absolute Gasteiger partial charge is 0.497 e. The fraction of sp³-hybridized carbons (Fsp3) is 0.176. The van der Waals surface area contributed by atoms with Crippen LogP contribution in [0.1, 0.15) is 0 Å². The Balaban J connectivity index is 1.64. The van der Waals surface area contributed by atoms with Crippen LogP contribution in [0, 0.1) is 0 Å². The molecule has 3 aromatic heterocycles. The lowest BCUT2D eigenvalue weighted by molar-refractivity contribution is 0.415. The van der Waals surface area contributed by atoms with Crippen LogP contribution in [0.5, 0.6) is 5.75 Å². The Labute approximate surface area is 147 Å². The van der Waals surface area contributed by atoms with E-state index in [2.05, 4.69) is 20.2 Å². The van der Waals surface area contributed by atoms with E-state index in [1.54, 1.807) is 19.5 Å². The average molecular weight is 355 g/mol. The predicted octanol–water partition coefficient (Wildman–Crippen LogP) is 3.23. The van der Waals surface area contributed by atoms with Crippen LogP contribution in [0.2, 0.25) is 0 Å². The maximum atomic E-state index is 12.4. The van der Waals surface area contributed by atoms with Crippen LogP contribution in [0.4, 0.5) is 4.39 Å². The Morgan fingerprint density at radius 2 is 2.04 bits per heavy atom. The molecule has 0 unspecified atom stereocenters. The summed E-state index contributed by atoms with van der Waals surface area (Å²) in [6, 6.07) is 7.34. The van der Waals surface area contributed by atoms with Crippen molar-refractivity contribution >= 4 is 0 Å². The van der Waals surface area contributed by atoms with E-state index in [9.17, 15) is 4.39 Å². The first kappa shape index (κ1) is 16.0. The highest BCUT2D eigenvalue weighted by Crippen LogP contribution is 2.32. The maximum Gasteiger partial charge on any atom is 0.280 e. The lowest BCUT2D eigenvalue weighted by atomic mass is 10.1. The second-order valence-corrected chi connectivity index (χ2v) is 5.36. The van der Waals surface area contributed by atoms with Crippen molar-refractivity contribution < 1.29 is 18.1 Å². The maximum absolute atomic E-state index is 12.4. The van der Waals surface area contributed by atoms with Crippen LogP contribution in [0.3, 0.4) is 0 Å². The van der Waals surface area contributed by atoms with Crippen molar-refractivity contribution in [2.45, 2.75) is 6.54 Å². The van der Waals surface area contributed by atoms with Gasteiger partial charge in [0, 0.05) is 11.8 Å². The summed E-state index contributed by atoms with van der Waals surface area (Å²) in [5, 5.41) is 7.99. The molecule has 0 fully saturated rings. The Morgan fingerprint density at radius 1 is 1.19 bits per heavy atom. The molecule has 0 aliphatic rings. The van der Waals surface area contributed by atoms with Crippen molar-refractivity contribution in [1.29, 1.82) is 0 Å². The van der Waals surface area contributed by atoms with Gasteiger partial charge >= 0.3 is 0 Å². The molecule has 0 bridgehead atoms. The smallest absolute Gasteiger partial charge is 0.280 e. The van der Waals surface area contributed by atoms with Gasteiger partial charge < -0.3 is 13.7 Å². The average Bonchev–Trinajstić information content (AvgIpc) is 3.41. The molecule has 0 saturated carbocycles. The van der Waals surface area contributed by atoms with Gasteiger partial charge in [-0.15, -0.1) is 0 Å². The third kappa shape index (κ3) is 2.94. The highest BCUT2D eigenvalue weighted by molar-refractivity contribution is 5.73. The van der Waals surface area contributed by atoms with E-state index in [0.29, 0.717) is 22.8 Å². The summed E-state index contributed by atoms with van der Waals surface area (Å²) >= 11 is 0. The monoisotopic (exact) mass is 355 g/mol. The van der Waals surface area contributed by atoms with Gasteiger partial charge in [0.05, 0.1) is 25.4 Å². The second-order valence-electron chi connectivity index (χ2n) is 5.36. The minimum absolute atomic E-state index is 0.176. The fourth-order valence-corrected chi connectivity index (χ4v) is 2.47. The fourth-order valence-electron chi connectivity index (χ4n) is 2.47. The molecule has 0 aliphatic carbocycles. The molecule has 1 aromatic carbocycles. The minimum atomic E-state index is -0.497. The Morgan fingerprint density at radius 3 is 2.81 bits per heavy atom. The zero-order valence-electron chi connectivity index (χ0n) is 13.8. The number of aromatic nitrogens is 5. The molecule has 9 heteroatoms. The Hall–Kier alpha value is -3.49. The molecule has 0 radical (unpaired) electrons. The van der Waals surface area contributed by atoms with E-state index in [4.69, 9.17) is 13.7 Å². The SMILES string of the molecule is COc1ccc(-c2ocnc2-c2nc(-c3cnn(CCF)c3)no2)cc1. The summed E-state index contributed by atoms with van der Waals surface area (Å²) in [5.41, 5.74) is 1.86. The van der Waals surface area contributed by atoms with Crippen molar-refractivity contribution in [2.24, 2.45) is 0 Å². The van der Waals surface area contributed by atoms with Crippen LogP contribution in [-0.2, 0) is 6.54 Å². The number of hydrogen-bond acceptors (Lipinski definition) is 7. The number of oxazole rings is 1. The lowest BCUT2D eigenvalue weighted by Crippen LogP contribution is -1.98. The summed E-state index contributed by atoms with van der Waals surface area (Å²) in [7, 11) is 1.60. The molecule has 4 rings (SSSR count). The van der Waals surface area contributed by atoms with Crippen molar-refractivity contribution in [2.75, 3.05) is 13.8 Å². The molecule has 0 atom stereocenters. The normalized spacial score (nSPS) is 11.0. The van der Waals surface area contributed by atoms with E-state index in [1.807, 2.05) is 24.3 Å². The minimum Gasteiger partial charge on any atom is -0.497 e. The number of benzene rings is 1. The van der Waals surface area contributed by atoms with Crippen molar-refractivity contribution in [3.8, 4) is 40.0 Å². The molecular weight excluding hydrogens is 341 g/mol. The third-order valence-electron chi connectivity index (χ3n) is 3.75. The van der Waals surface area contributed by atoms with Crippen molar-refractivity contribution in [3.63, 3.8) is 0 Å². The number of nitrogens with zero attached hydrogens (tertiary/aromatic N) is 5. The van der Waals surface area contributed by atoms with Gasteiger partial charge in [0.2, 0.25) is 5.82 Å². The molecule has 8 nitrogen and oxygen atoms in total. The number of alkyl halides is 1. The zero-order valence-corrected chi connectivity index (χ0v) is 13.8. The molecule has 0 saturated heterocycles. The molecule has 0 N–H and O–H groups in total. The van der Waals surface area contributed by atoms with E-state index < -0.39 is 6.67 Å². The first-order valence-electron chi connectivity index (χ1n) is 7.79. The molecule has 26 heavy (non-hydrogen) atoms. The topological polar surface area (TPSA) is 92.0 Å². The first-order valence-corrected chi connectivity index (χ1v) is 7.79. The summed E-state index contributed by atoms with van der Waals surface area (Å²) < 4.78 is 29.8. The number of ether oxygens (including phenoxy) is 1. The van der Waals surface area contributed by atoms with Crippen LogP contribution in [0.15, 0.2) is 52.0 Å². The number of rotatable bonds is 6. The Kier molecular flexibility index (Phi) is 4.18. The summed E-state index contributed by atoms with van der Waals surface area (Å²) in [6.07, 6.45) is 4.52. The number of aryl methyl sites for hydroxylation is 1. The van der Waals surface area contributed by atoms with E-state index in [1.165, 1.54) is 11.1 Å². The van der Waals surface area contributed by atoms with E-state index >= 15 is 0 Å². The molecular formula is C17H14FN5O3. The number of methoxy groups -OCH3 is 1. The summed E-state index contributed by atoms with van der Waals surface area (Å²) in [4.78, 5) is 8.53. The van der Waals surface area contributed by atoms with Crippen LogP contribution >= 0.6 is 0 Å². The Bertz CT molecular complexity index is 1010.